The Kier molecular flexibility index (Phi) is 3.08. The number of ketones is 1. The molecule has 0 unspecified atom stereocenters. The maximum absolute atomic E-state index is 11.8. The predicted molar refractivity (Wildman–Crippen MR) is 68.1 cm³/mol. The normalized spacial score (nSPS) is 11.3. The van der Waals surface area contributed by atoms with Crippen molar-refractivity contribution in [2.45, 2.75) is 13.8 Å². The van der Waals surface area contributed by atoms with Gasteiger partial charge in [-0.05, 0) is 34.1 Å². The first kappa shape index (κ1) is 11.7. The largest absolute Gasteiger partial charge is 0.452 e. The Hall–Kier alpha value is -0.800. The van der Waals surface area contributed by atoms with Crippen LogP contribution in [0.2, 0.25) is 5.02 Å². The fourth-order valence-electron chi connectivity index (χ4n) is 1.48. The number of Topliss-reactive ketones (excluding diaryl/α,β-unsaturated/α-hetero) is 1. The van der Waals surface area contributed by atoms with Gasteiger partial charge in [0.15, 0.2) is 5.76 Å². The lowest BCUT2D eigenvalue weighted by Crippen LogP contribution is -2.05. The molecular formula is C12H10BrClO2. The standard InChI is InChI=1S/C12H10BrClO2/c1-6(2)11(15)10-4-7-3-8(14)5-9(13)12(7)16-10/h3-6H,1-2H3. The number of hydrogen-bond acceptors (Lipinski definition) is 2. The molecule has 0 N–H and O–H groups in total. The van der Waals surface area contributed by atoms with E-state index in [1.165, 1.54) is 0 Å². The van der Waals surface area contributed by atoms with Gasteiger partial charge in [0.25, 0.3) is 0 Å². The highest BCUT2D eigenvalue weighted by Crippen LogP contribution is 2.31. The highest BCUT2D eigenvalue weighted by atomic mass is 79.9. The van der Waals surface area contributed by atoms with E-state index in [1.54, 1.807) is 18.2 Å². The Balaban J connectivity index is 2.60. The van der Waals surface area contributed by atoms with Gasteiger partial charge in [-0.15, -0.1) is 0 Å². The second-order valence-corrected chi connectivity index (χ2v) is 5.23. The lowest BCUT2D eigenvalue weighted by atomic mass is 10.1. The number of halogens is 2. The van der Waals surface area contributed by atoms with E-state index in [9.17, 15) is 4.79 Å². The SMILES string of the molecule is CC(C)C(=O)c1cc2cc(Cl)cc(Br)c2o1. The molecule has 84 valence electrons. The number of carbonyl (C=O) groups is 1. The first-order chi connectivity index (χ1) is 7.49. The molecule has 4 heteroatoms. The monoisotopic (exact) mass is 300 g/mol. The fraction of sp³-hybridized carbons (Fsp3) is 0.250. The zero-order chi connectivity index (χ0) is 11.9. The average molecular weight is 302 g/mol. The number of fused-ring (bicyclic) bond motifs is 1. The Morgan fingerprint density at radius 3 is 2.69 bits per heavy atom. The van der Waals surface area contributed by atoms with Crippen molar-refractivity contribution in [1.82, 2.24) is 0 Å². The van der Waals surface area contributed by atoms with Crippen molar-refractivity contribution in [1.29, 1.82) is 0 Å². The molecule has 1 aromatic heterocycles. The summed E-state index contributed by atoms with van der Waals surface area (Å²) in [5.41, 5.74) is 0.661. The van der Waals surface area contributed by atoms with Crippen molar-refractivity contribution < 1.29 is 9.21 Å². The summed E-state index contributed by atoms with van der Waals surface area (Å²) in [7, 11) is 0. The van der Waals surface area contributed by atoms with Crippen LogP contribution in [0, 0.1) is 5.92 Å². The van der Waals surface area contributed by atoms with Crippen molar-refractivity contribution in [3.05, 3.63) is 33.5 Å². The summed E-state index contributed by atoms with van der Waals surface area (Å²) >= 11 is 9.28. The summed E-state index contributed by atoms with van der Waals surface area (Å²) in [4.78, 5) is 11.8. The molecule has 0 saturated heterocycles. The molecule has 0 aliphatic carbocycles. The molecule has 0 aliphatic heterocycles. The van der Waals surface area contributed by atoms with Crippen LogP contribution in [-0.2, 0) is 0 Å². The smallest absolute Gasteiger partial charge is 0.200 e. The van der Waals surface area contributed by atoms with Gasteiger partial charge in [0.2, 0.25) is 5.78 Å². The van der Waals surface area contributed by atoms with E-state index >= 15 is 0 Å². The Labute approximate surface area is 107 Å². The highest BCUT2D eigenvalue weighted by Gasteiger charge is 2.17. The van der Waals surface area contributed by atoms with Crippen molar-refractivity contribution in [3.8, 4) is 0 Å². The first-order valence-electron chi connectivity index (χ1n) is 4.92. The van der Waals surface area contributed by atoms with Gasteiger partial charge in [-0.2, -0.15) is 0 Å². The molecule has 0 bridgehead atoms. The molecule has 0 aliphatic rings. The van der Waals surface area contributed by atoms with E-state index in [4.69, 9.17) is 16.0 Å². The molecule has 0 fully saturated rings. The van der Waals surface area contributed by atoms with Crippen molar-refractivity contribution >= 4 is 44.3 Å². The molecule has 0 amide bonds. The molecule has 2 aromatic rings. The molecular weight excluding hydrogens is 291 g/mol. The average Bonchev–Trinajstić information content (AvgIpc) is 2.60. The maximum Gasteiger partial charge on any atom is 0.200 e. The maximum atomic E-state index is 11.8. The lowest BCUT2D eigenvalue weighted by molar-refractivity contribution is 0.0913. The molecule has 1 heterocycles. The summed E-state index contributed by atoms with van der Waals surface area (Å²) in [6.07, 6.45) is 0. The van der Waals surface area contributed by atoms with E-state index in [2.05, 4.69) is 15.9 Å². The number of carbonyl (C=O) groups excluding carboxylic acids is 1. The minimum Gasteiger partial charge on any atom is -0.452 e. The molecule has 0 saturated carbocycles. The van der Waals surface area contributed by atoms with Crippen molar-refractivity contribution in [2.24, 2.45) is 5.92 Å². The minimum absolute atomic E-state index is 0.000720. The topological polar surface area (TPSA) is 30.2 Å². The van der Waals surface area contributed by atoms with Crippen LogP contribution in [0.25, 0.3) is 11.0 Å². The van der Waals surface area contributed by atoms with Gasteiger partial charge in [0.1, 0.15) is 5.58 Å². The van der Waals surface area contributed by atoms with Crippen molar-refractivity contribution in [2.75, 3.05) is 0 Å². The zero-order valence-corrected chi connectivity index (χ0v) is 11.2. The van der Waals surface area contributed by atoms with Crippen LogP contribution < -0.4 is 0 Å². The summed E-state index contributed by atoms with van der Waals surface area (Å²) in [6.45, 7) is 3.69. The highest BCUT2D eigenvalue weighted by molar-refractivity contribution is 9.10. The van der Waals surface area contributed by atoms with Gasteiger partial charge >= 0.3 is 0 Å². The van der Waals surface area contributed by atoms with E-state index in [1.807, 2.05) is 13.8 Å². The Morgan fingerprint density at radius 1 is 1.38 bits per heavy atom. The molecule has 0 atom stereocenters. The van der Waals surface area contributed by atoms with Crippen LogP contribution in [0.3, 0.4) is 0 Å². The first-order valence-corrected chi connectivity index (χ1v) is 6.09. The second kappa shape index (κ2) is 4.22. The number of hydrogen-bond donors (Lipinski definition) is 0. The molecule has 0 spiro atoms. The molecule has 2 nitrogen and oxygen atoms in total. The molecule has 2 rings (SSSR count). The number of benzene rings is 1. The van der Waals surface area contributed by atoms with Gasteiger partial charge in [0, 0.05) is 16.3 Å². The zero-order valence-electron chi connectivity index (χ0n) is 8.88. The second-order valence-electron chi connectivity index (χ2n) is 3.94. The van der Waals surface area contributed by atoms with E-state index in [0.717, 1.165) is 9.86 Å². The quantitative estimate of drug-likeness (QED) is 0.753. The molecule has 16 heavy (non-hydrogen) atoms. The van der Waals surface area contributed by atoms with Crippen molar-refractivity contribution in [3.63, 3.8) is 0 Å². The number of rotatable bonds is 2. The summed E-state index contributed by atoms with van der Waals surface area (Å²) in [6, 6.07) is 5.26. The summed E-state index contributed by atoms with van der Waals surface area (Å²) < 4.78 is 6.28. The Morgan fingerprint density at radius 2 is 2.06 bits per heavy atom. The summed E-state index contributed by atoms with van der Waals surface area (Å²) in [5, 5.41) is 1.45. The van der Waals surface area contributed by atoms with E-state index < -0.39 is 0 Å². The van der Waals surface area contributed by atoms with Gasteiger partial charge in [-0.25, -0.2) is 0 Å². The third-order valence-electron chi connectivity index (χ3n) is 2.30. The molecule has 0 radical (unpaired) electrons. The fourth-order valence-corrected chi connectivity index (χ4v) is 2.40. The van der Waals surface area contributed by atoms with Gasteiger partial charge < -0.3 is 4.42 Å². The van der Waals surface area contributed by atoms with Crippen LogP contribution in [0.1, 0.15) is 24.4 Å². The molecule has 1 aromatic carbocycles. The van der Waals surface area contributed by atoms with Crippen LogP contribution in [-0.4, -0.2) is 5.78 Å². The third-order valence-corrected chi connectivity index (χ3v) is 3.11. The van der Waals surface area contributed by atoms with Crippen LogP contribution in [0.4, 0.5) is 0 Å². The predicted octanol–water partition coefficient (Wildman–Crippen LogP) is 4.69. The van der Waals surface area contributed by atoms with E-state index in [-0.39, 0.29) is 11.7 Å². The third kappa shape index (κ3) is 2.02. The van der Waals surface area contributed by atoms with Gasteiger partial charge in [-0.1, -0.05) is 25.4 Å². The Bertz CT molecular complexity index is 557. The van der Waals surface area contributed by atoms with Crippen LogP contribution >= 0.6 is 27.5 Å². The van der Waals surface area contributed by atoms with Crippen LogP contribution in [0.5, 0.6) is 0 Å². The van der Waals surface area contributed by atoms with E-state index in [0.29, 0.717) is 16.4 Å². The van der Waals surface area contributed by atoms with Crippen LogP contribution in [0.15, 0.2) is 27.1 Å². The van der Waals surface area contributed by atoms with Gasteiger partial charge in [0.05, 0.1) is 4.47 Å². The number of furan rings is 1. The minimum atomic E-state index is -0.0743. The lowest BCUT2D eigenvalue weighted by Gasteiger charge is -1.98. The summed E-state index contributed by atoms with van der Waals surface area (Å²) in [5.74, 6) is 0.307. The van der Waals surface area contributed by atoms with Gasteiger partial charge in [-0.3, -0.25) is 4.79 Å².